The number of hydrogen-bond donors (Lipinski definition) is 0. The van der Waals surface area contributed by atoms with Crippen molar-refractivity contribution in [1.29, 1.82) is 0 Å². The second-order valence-electron chi connectivity index (χ2n) is 8.17. The van der Waals surface area contributed by atoms with Gasteiger partial charge in [-0.05, 0) is 91.2 Å². The molecule has 0 aliphatic carbocycles. The number of carbonyl (C=O) groups excluding carboxylic acids is 1. The van der Waals surface area contributed by atoms with Gasteiger partial charge in [-0.3, -0.25) is 9.69 Å². The molecule has 0 atom stereocenters. The van der Waals surface area contributed by atoms with Crippen molar-refractivity contribution in [2.24, 2.45) is 4.99 Å². The molecule has 0 N–H and O–H groups in total. The number of ether oxygens (including phenoxy) is 2. The zero-order chi connectivity index (χ0) is 24.9. The third-order valence-corrected chi connectivity index (χ3v) is 6.56. The van der Waals surface area contributed by atoms with E-state index in [4.69, 9.17) is 14.5 Å². The molecule has 0 radical (unpaired) electrons. The first-order valence-corrected chi connectivity index (χ1v) is 12.1. The van der Waals surface area contributed by atoms with Crippen LogP contribution in [0, 0.1) is 19.7 Å². The molecule has 1 saturated heterocycles. The van der Waals surface area contributed by atoms with Crippen LogP contribution in [0.25, 0.3) is 6.08 Å². The summed E-state index contributed by atoms with van der Waals surface area (Å²) >= 11 is 1.36. The van der Waals surface area contributed by atoms with E-state index in [-0.39, 0.29) is 18.3 Å². The van der Waals surface area contributed by atoms with Gasteiger partial charge in [-0.2, -0.15) is 0 Å². The van der Waals surface area contributed by atoms with Crippen LogP contribution >= 0.6 is 11.8 Å². The van der Waals surface area contributed by atoms with E-state index >= 15 is 0 Å². The number of thioether (sulfide) groups is 1. The third kappa shape index (κ3) is 5.74. The lowest BCUT2D eigenvalue weighted by atomic mass is 10.1. The molecular weight excluding hydrogens is 463 g/mol. The van der Waals surface area contributed by atoms with Crippen molar-refractivity contribution in [1.82, 2.24) is 4.90 Å². The van der Waals surface area contributed by atoms with Crippen molar-refractivity contribution < 1.29 is 18.7 Å². The van der Waals surface area contributed by atoms with Crippen LogP contribution in [0.2, 0.25) is 0 Å². The fourth-order valence-corrected chi connectivity index (χ4v) is 4.70. The summed E-state index contributed by atoms with van der Waals surface area (Å²) in [6.45, 7) is 6.72. The number of amides is 1. The first kappa shape index (κ1) is 24.5. The van der Waals surface area contributed by atoms with Gasteiger partial charge in [0.05, 0.1) is 17.7 Å². The molecule has 0 bridgehead atoms. The van der Waals surface area contributed by atoms with Gasteiger partial charge in [0, 0.05) is 6.54 Å². The van der Waals surface area contributed by atoms with Gasteiger partial charge in [0.1, 0.15) is 12.4 Å². The number of aryl methyl sites for hydroxylation is 2. The monoisotopic (exact) mass is 490 g/mol. The van der Waals surface area contributed by atoms with Crippen molar-refractivity contribution in [3.63, 3.8) is 0 Å². The lowest BCUT2D eigenvalue weighted by Gasteiger charge is -2.13. The van der Waals surface area contributed by atoms with Crippen molar-refractivity contribution in [3.05, 3.63) is 93.6 Å². The fourth-order valence-electron chi connectivity index (χ4n) is 3.65. The number of rotatable bonds is 7. The van der Waals surface area contributed by atoms with Crippen molar-refractivity contribution in [2.45, 2.75) is 27.4 Å². The summed E-state index contributed by atoms with van der Waals surface area (Å²) in [5, 5.41) is 0.666. The van der Waals surface area contributed by atoms with Crippen LogP contribution in [0.3, 0.4) is 0 Å². The first-order valence-electron chi connectivity index (χ1n) is 11.3. The average Bonchev–Trinajstić information content (AvgIpc) is 3.14. The molecule has 0 unspecified atom stereocenters. The topological polar surface area (TPSA) is 51.1 Å². The van der Waals surface area contributed by atoms with Crippen LogP contribution in [0.5, 0.6) is 11.5 Å². The minimum absolute atomic E-state index is 0.0769. The summed E-state index contributed by atoms with van der Waals surface area (Å²) in [6.07, 6.45) is 1.83. The number of amidine groups is 1. The zero-order valence-electron chi connectivity index (χ0n) is 20.2. The number of benzene rings is 3. The first-order chi connectivity index (χ1) is 16.9. The van der Waals surface area contributed by atoms with Crippen LogP contribution in [-0.4, -0.2) is 29.6 Å². The van der Waals surface area contributed by atoms with Crippen molar-refractivity contribution in [3.8, 4) is 11.5 Å². The van der Waals surface area contributed by atoms with Gasteiger partial charge in [-0.25, -0.2) is 9.38 Å². The summed E-state index contributed by atoms with van der Waals surface area (Å²) in [5.74, 6) is 0.687. The van der Waals surface area contributed by atoms with Crippen molar-refractivity contribution in [2.75, 3.05) is 13.7 Å². The zero-order valence-corrected chi connectivity index (χ0v) is 21.0. The maximum atomic E-state index is 13.4. The SMILES string of the molecule is CCN1C(=O)/C(=C\c2ccc(OCc3cccc(F)c3)c(OC)c2)SC1=Nc1cc(C)ccc1C. The maximum absolute atomic E-state index is 13.4. The Morgan fingerprint density at radius 3 is 2.63 bits per heavy atom. The quantitative estimate of drug-likeness (QED) is 0.348. The van der Waals surface area contributed by atoms with Crippen LogP contribution in [-0.2, 0) is 11.4 Å². The lowest BCUT2D eigenvalue weighted by molar-refractivity contribution is -0.122. The third-order valence-electron chi connectivity index (χ3n) is 5.55. The van der Waals surface area contributed by atoms with Crippen LogP contribution in [0.15, 0.2) is 70.6 Å². The van der Waals surface area contributed by atoms with E-state index in [0.29, 0.717) is 28.1 Å². The highest BCUT2D eigenvalue weighted by atomic mass is 32.2. The van der Waals surface area contributed by atoms with Gasteiger partial charge in [0.2, 0.25) is 0 Å². The fraction of sp³-hybridized carbons (Fsp3) is 0.214. The predicted octanol–water partition coefficient (Wildman–Crippen LogP) is 6.65. The molecule has 7 heteroatoms. The van der Waals surface area contributed by atoms with Crippen LogP contribution < -0.4 is 9.47 Å². The largest absolute Gasteiger partial charge is 0.493 e. The predicted molar refractivity (Wildman–Crippen MR) is 140 cm³/mol. The van der Waals surface area contributed by atoms with Gasteiger partial charge in [-0.15, -0.1) is 0 Å². The van der Waals surface area contributed by atoms with E-state index in [1.165, 1.54) is 23.9 Å². The van der Waals surface area contributed by atoms with E-state index in [2.05, 4.69) is 0 Å². The van der Waals surface area contributed by atoms with Gasteiger partial charge in [0.25, 0.3) is 5.91 Å². The number of aliphatic imine (C=N–C) groups is 1. The van der Waals surface area contributed by atoms with E-state index in [1.807, 2.05) is 57.2 Å². The summed E-state index contributed by atoms with van der Waals surface area (Å²) in [6, 6.07) is 17.9. The highest BCUT2D eigenvalue weighted by molar-refractivity contribution is 8.18. The molecule has 0 aromatic heterocycles. The van der Waals surface area contributed by atoms with Gasteiger partial charge in [-0.1, -0.05) is 30.3 Å². The smallest absolute Gasteiger partial charge is 0.266 e. The highest BCUT2D eigenvalue weighted by Gasteiger charge is 2.32. The van der Waals surface area contributed by atoms with Crippen LogP contribution in [0.1, 0.15) is 29.2 Å². The molecule has 3 aromatic rings. The minimum atomic E-state index is -0.305. The second-order valence-corrected chi connectivity index (χ2v) is 9.18. The van der Waals surface area contributed by atoms with E-state index in [1.54, 1.807) is 30.2 Å². The molecule has 3 aromatic carbocycles. The van der Waals surface area contributed by atoms with Gasteiger partial charge < -0.3 is 9.47 Å². The number of hydrogen-bond acceptors (Lipinski definition) is 5. The Kier molecular flexibility index (Phi) is 7.56. The van der Waals surface area contributed by atoms with E-state index in [9.17, 15) is 9.18 Å². The number of halogens is 1. The average molecular weight is 491 g/mol. The molecule has 0 spiro atoms. The number of methoxy groups -OCH3 is 1. The molecule has 4 rings (SSSR count). The summed E-state index contributed by atoms with van der Waals surface area (Å²) in [5.41, 5.74) is 4.57. The highest BCUT2D eigenvalue weighted by Crippen LogP contribution is 2.36. The standard InChI is InChI=1S/C28H27FN2O3S/c1-5-31-27(32)26(35-28(31)30-23-13-18(2)9-10-19(23)3)16-20-11-12-24(25(15-20)33-4)34-17-21-7-6-8-22(29)14-21/h6-16H,5,17H2,1-4H3/b26-16+,30-28?. The van der Waals surface area contributed by atoms with Crippen LogP contribution in [0.4, 0.5) is 10.1 Å². The van der Waals surface area contributed by atoms with Crippen molar-refractivity contribution >= 4 is 34.6 Å². The summed E-state index contributed by atoms with van der Waals surface area (Å²) in [7, 11) is 1.56. The van der Waals surface area contributed by atoms with E-state index < -0.39 is 0 Å². The Bertz CT molecular complexity index is 1320. The van der Waals surface area contributed by atoms with Gasteiger partial charge >= 0.3 is 0 Å². The molecule has 1 amide bonds. The Morgan fingerprint density at radius 2 is 1.89 bits per heavy atom. The molecule has 1 aliphatic rings. The molecule has 1 fully saturated rings. The van der Waals surface area contributed by atoms with Gasteiger partial charge in [0.15, 0.2) is 16.7 Å². The summed E-state index contributed by atoms with van der Waals surface area (Å²) < 4.78 is 24.8. The normalized spacial score (nSPS) is 15.8. The Labute approximate surface area is 209 Å². The Morgan fingerprint density at radius 1 is 1.06 bits per heavy atom. The molecule has 1 heterocycles. The number of carbonyl (C=O) groups is 1. The second kappa shape index (κ2) is 10.8. The lowest BCUT2D eigenvalue weighted by Crippen LogP contribution is -2.28. The molecule has 35 heavy (non-hydrogen) atoms. The molecule has 0 saturated carbocycles. The summed E-state index contributed by atoms with van der Waals surface area (Å²) in [4.78, 5) is 20.1. The Hall–Kier alpha value is -3.58. The molecule has 1 aliphatic heterocycles. The number of likely N-dealkylation sites (N-methyl/N-ethyl adjacent to an activating group) is 1. The molecular formula is C28H27FN2O3S. The Balaban J connectivity index is 1.56. The minimum Gasteiger partial charge on any atom is -0.493 e. The van der Waals surface area contributed by atoms with E-state index in [0.717, 1.165) is 27.9 Å². The number of nitrogens with zero attached hydrogens (tertiary/aromatic N) is 2. The molecule has 180 valence electrons. The maximum Gasteiger partial charge on any atom is 0.266 e. The molecule has 5 nitrogen and oxygen atoms in total.